The van der Waals surface area contributed by atoms with Crippen molar-refractivity contribution in [1.82, 2.24) is 20.9 Å². The summed E-state index contributed by atoms with van der Waals surface area (Å²) < 4.78 is 0. The van der Waals surface area contributed by atoms with E-state index < -0.39 is 24.1 Å². The molecule has 0 spiro atoms. The van der Waals surface area contributed by atoms with Crippen molar-refractivity contribution in [1.29, 1.82) is 0 Å². The Morgan fingerprint density at radius 1 is 1.50 bits per heavy atom. The van der Waals surface area contributed by atoms with E-state index >= 15 is 0 Å². The van der Waals surface area contributed by atoms with Crippen LogP contribution in [0.5, 0.6) is 0 Å². The number of likely N-dealkylation sites (N-methyl/N-ethyl adjacent to an activating group) is 2. The number of carbonyl (C=O) groups excluding carboxylic acids is 3. The highest BCUT2D eigenvalue weighted by molar-refractivity contribution is 6.01. The molecule has 1 rings (SSSR count). The molecule has 1 fully saturated rings. The number of carbonyl (C=O) groups is 3. The SMILES string of the molecule is CCC(=O)NC1C(=O)NC(=O)N(C)C1NC. The van der Waals surface area contributed by atoms with Gasteiger partial charge in [0, 0.05) is 13.5 Å². The number of hydrogen-bond acceptors (Lipinski definition) is 4. The first-order valence-corrected chi connectivity index (χ1v) is 5.05. The summed E-state index contributed by atoms with van der Waals surface area (Å²) >= 11 is 0. The number of imide groups is 1. The molecule has 0 saturated carbocycles. The van der Waals surface area contributed by atoms with Crippen LogP contribution in [0.15, 0.2) is 0 Å². The predicted molar refractivity (Wildman–Crippen MR) is 56.4 cm³/mol. The zero-order chi connectivity index (χ0) is 12.3. The highest BCUT2D eigenvalue weighted by atomic mass is 16.2. The Morgan fingerprint density at radius 3 is 2.62 bits per heavy atom. The van der Waals surface area contributed by atoms with Crippen molar-refractivity contribution < 1.29 is 14.4 Å². The minimum absolute atomic E-state index is 0.233. The molecule has 1 heterocycles. The molecule has 0 aliphatic carbocycles. The highest BCUT2D eigenvalue weighted by Gasteiger charge is 2.39. The molecular weight excluding hydrogens is 212 g/mol. The molecule has 1 aliphatic rings. The second-order valence-electron chi connectivity index (χ2n) is 3.54. The van der Waals surface area contributed by atoms with E-state index in [-0.39, 0.29) is 12.3 Å². The standard InChI is InChI=1S/C9H16N4O3/c1-4-5(14)11-6-7(10-2)13(3)9(16)12-8(6)15/h6-7,10H,4H2,1-3H3,(H,11,14)(H,12,15,16). The fraction of sp³-hybridized carbons (Fsp3) is 0.667. The molecule has 4 amide bonds. The molecule has 1 saturated heterocycles. The fourth-order valence-electron chi connectivity index (χ4n) is 1.54. The second-order valence-corrected chi connectivity index (χ2v) is 3.54. The van der Waals surface area contributed by atoms with Crippen LogP contribution in [0.25, 0.3) is 0 Å². The van der Waals surface area contributed by atoms with Gasteiger partial charge in [0.25, 0.3) is 5.91 Å². The van der Waals surface area contributed by atoms with Gasteiger partial charge < -0.3 is 10.2 Å². The zero-order valence-electron chi connectivity index (χ0n) is 9.53. The van der Waals surface area contributed by atoms with Crippen molar-refractivity contribution in [2.24, 2.45) is 0 Å². The fourth-order valence-corrected chi connectivity index (χ4v) is 1.54. The smallest absolute Gasteiger partial charge is 0.325 e. The zero-order valence-corrected chi connectivity index (χ0v) is 9.53. The van der Waals surface area contributed by atoms with Crippen LogP contribution in [0.3, 0.4) is 0 Å². The molecule has 0 aromatic carbocycles. The van der Waals surface area contributed by atoms with Gasteiger partial charge in [0.05, 0.1) is 0 Å². The first-order chi connectivity index (χ1) is 7.51. The maximum atomic E-state index is 11.6. The van der Waals surface area contributed by atoms with Gasteiger partial charge in [-0.25, -0.2) is 4.79 Å². The summed E-state index contributed by atoms with van der Waals surface area (Å²) in [7, 11) is 3.17. The van der Waals surface area contributed by atoms with Crippen LogP contribution in [0.4, 0.5) is 4.79 Å². The lowest BCUT2D eigenvalue weighted by Crippen LogP contribution is -2.70. The van der Waals surface area contributed by atoms with Crippen molar-refractivity contribution in [3.63, 3.8) is 0 Å². The lowest BCUT2D eigenvalue weighted by atomic mass is 10.1. The quantitative estimate of drug-likeness (QED) is 0.554. The number of nitrogens with zero attached hydrogens (tertiary/aromatic N) is 1. The van der Waals surface area contributed by atoms with Gasteiger partial charge >= 0.3 is 6.03 Å². The monoisotopic (exact) mass is 228 g/mol. The van der Waals surface area contributed by atoms with Crippen molar-refractivity contribution in [3.8, 4) is 0 Å². The van der Waals surface area contributed by atoms with Crippen molar-refractivity contribution in [2.45, 2.75) is 25.6 Å². The number of hydrogen-bond donors (Lipinski definition) is 3. The van der Waals surface area contributed by atoms with E-state index in [4.69, 9.17) is 0 Å². The molecule has 0 aromatic heterocycles. The van der Waals surface area contributed by atoms with Crippen molar-refractivity contribution in [2.75, 3.05) is 14.1 Å². The van der Waals surface area contributed by atoms with Crippen LogP contribution in [0.1, 0.15) is 13.3 Å². The largest absolute Gasteiger partial charge is 0.341 e. The molecule has 7 heteroatoms. The van der Waals surface area contributed by atoms with E-state index in [0.29, 0.717) is 0 Å². The van der Waals surface area contributed by atoms with Gasteiger partial charge in [-0.1, -0.05) is 6.92 Å². The molecule has 2 atom stereocenters. The molecule has 0 aromatic rings. The number of nitrogens with one attached hydrogen (secondary N) is 3. The van der Waals surface area contributed by atoms with E-state index in [0.717, 1.165) is 0 Å². The summed E-state index contributed by atoms with van der Waals surface area (Å²) in [5, 5.41) is 7.55. The minimum Gasteiger partial charge on any atom is -0.341 e. The topological polar surface area (TPSA) is 90.5 Å². The maximum Gasteiger partial charge on any atom is 0.325 e. The molecular formula is C9H16N4O3. The molecule has 3 N–H and O–H groups in total. The first kappa shape index (κ1) is 12.4. The number of rotatable bonds is 3. The Balaban J connectivity index is 2.82. The Hall–Kier alpha value is -1.63. The van der Waals surface area contributed by atoms with Gasteiger partial charge in [-0.2, -0.15) is 0 Å². The average molecular weight is 228 g/mol. The van der Waals surface area contributed by atoms with E-state index in [2.05, 4.69) is 16.0 Å². The van der Waals surface area contributed by atoms with E-state index in [1.165, 1.54) is 4.90 Å². The summed E-state index contributed by atoms with van der Waals surface area (Å²) in [6, 6.07) is -1.24. The number of urea groups is 1. The van der Waals surface area contributed by atoms with E-state index in [1.807, 2.05) is 0 Å². The molecule has 0 bridgehead atoms. The maximum absolute atomic E-state index is 11.6. The van der Waals surface area contributed by atoms with Crippen LogP contribution < -0.4 is 16.0 Å². The van der Waals surface area contributed by atoms with Gasteiger partial charge in [0.2, 0.25) is 5.91 Å². The summed E-state index contributed by atoms with van der Waals surface area (Å²) in [4.78, 5) is 35.5. The summed E-state index contributed by atoms with van der Waals surface area (Å²) in [5.74, 6) is -0.729. The average Bonchev–Trinajstić information content (AvgIpc) is 2.26. The minimum atomic E-state index is -0.764. The Bertz CT molecular complexity index is 318. The molecule has 7 nitrogen and oxygen atoms in total. The summed E-state index contributed by atoms with van der Waals surface area (Å²) in [6.45, 7) is 1.69. The van der Waals surface area contributed by atoms with Crippen molar-refractivity contribution >= 4 is 17.8 Å². The third-order valence-electron chi connectivity index (χ3n) is 2.50. The van der Waals surface area contributed by atoms with Crippen LogP contribution >= 0.6 is 0 Å². The normalized spacial score (nSPS) is 25.3. The van der Waals surface area contributed by atoms with Gasteiger partial charge in [-0.3, -0.25) is 20.2 Å². The summed E-state index contributed by atoms with van der Waals surface area (Å²) in [5.41, 5.74) is 0. The Kier molecular flexibility index (Phi) is 3.83. The summed E-state index contributed by atoms with van der Waals surface area (Å²) in [6.07, 6.45) is -0.241. The van der Waals surface area contributed by atoms with Gasteiger partial charge in [-0.05, 0) is 7.05 Å². The lowest BCUT2D eigenvalue weighted by Gasteiger charge is -2.37. The number of amides is 4. The first-order valence-electron chi connectivity index (χ1n) is 5.05. The van der Waals surface area contributed by atoms with Crippen LogP contribution in [0.2, 0.25) is 0 Å². The van der Waals surface area contributed by atoms with Crippen LogP contribution in [0, 0.1) is 0 Å². The molecule has 1 aliphatic heterocycles. The molecule has 16 heavy (non-hydrogen) atoms. The second kappa shape index (κ2) is 4.93. The van der Waals surface area contributed by atoms with Gasteiger partial charge in [0.15, 0.2) is 0 Å². The highest BCUT2D eigenvalue weighted by Crippen LogP contribution is 2.06. The van der Waals surface area contributed by atoms with Crippen LogP contribution in [-0.2, 0) is 9.59 Å². The third kappa shape index (κ3) is 2.30. The van der Waals surface area contributed by atoms with Gasteiger partial charge in [-0.15, -0.1) is 0 Å². The van der Waals surface area contributed by atoms with Crippen LogP contribution in [-0.4, -0.2) is 49.0 Å². The Morgan fingerprint density at radius 2 is 2.12 bits per heavy atom. The Labute approximate surface area is 93.5 Å². The molecule has 90 valence electrons. The lowest BCUT2D eigenvalue weighted by molar-refractivity contribution is -0.131. The third-order valence-corrected chi connectivity index (χ3v) is 2.50. The predicted octanol–water partition coefficient (Wildman–Crippen LogP) is -1.39. The molecule has 2 unspecified atom stereocenters. The van der Waals surface area contributed by atoms with Crippen molar-refractivity contribution in [3.05, 3.63) is 0 Å². The van der Waals surface area contributed by atoms with E-state index in [9.17, 15) is 14.4 Å². The van der Waals surface area contributed by atoms with E-state index in [1.54, 1.807) is 21.0 Å². The molecule has 0 radical (unpaired) electrons. The van der Waals surface area contributed by atoms with Gasteiger partial charge in [0.1, 0.15) is 12.2 Å².